The van der Waals surface area contributed by atoms with Gasteiger partial charge in [0.15, 0.2) is 5.96 Å². The summed E-state index contributed by atoms with van der Waals surface area (Å²) in [6.07, 6.45) is 3.92. The summed E-state index contributed by atoms with van der Waals surface area (Å²) < 4.78 is 0. The van der Waals surface area contributed by atoms with Crippen molar-refractivity contribution in [2.45, 2.75) is 32.7 Å². The molecule has 130 valence electrons. The number of likely N-dealkylation sites (tertiary alicyclic amines) is 1. The predicted octanol–water partition coefficient (Wildman–Crippen LogP) is 3.09. The zero-order valence-electron chi connectivity index (χ0n) is 14.4. The summed E-state index contributed by atoms with van der Waals surface area (Å²) in [7, 11) is 1.83. The normalized spacial score (nSPS) is 16.7. The highest BCUT2D eigenvalue weighted by molar-refractivity contribution is 14.0. The second kappa shape index (κ2) is 11.7. The second-order valence-electron chi connectivity index (χ2n) is 6.00. The molecule has 1 heterocycles. The molecule has 4 nitrogen and oxygen atoms in total. The Bertz CT molecular complexity index is 442. The van der Waals surface area contributed by atoms with Crippen LogP contribution in [-0.2, 0) is 6.54 Å². The Labute approximate surface area is 158 Å². The number of piperidine rings is 1. The van der Waals surface area contributed by atoms with E-state index in [2.05, 4.69) is 51.7 Å². The van der Waals surface area contributed by atoms with Crippen molar-refractivity contribution in [2.75, 3.05) is 33.2 Å². The summed E-state index contributed by atoms with van der Waals surface area (Å²) in [6, 6.07) is 10.4. The van der Waals surface area contributed by atoms with Gasteiger partial charge < -0.3 is 15.5 Å². The van der Waals surface area contributed by atoms with Crippen LogP contribution in [0.2, 0.25) is 0 Å². The smallest absolute Gasteiger partial charge is 0.191 e. The number of hydrogen-bond acceptors (Lipinski definition) is 2. The molecule has 1 aliphatic heterocycles. The molecular formula is C18H31IN4. The van der Waals surface area contributed by atoms with E-state index in [0.717, 1.165) is 25.0 Å². The van der Waals surface area contributed by atoms with Crippen molar-refractivity contribution in [3.63, 3.8) is 0 Å². The molecule has 5 heteroatoms. The van der Waals surface area contributed by atoms with Crippen LogP contribution in [0.5, 0.6) is 0 Å². The summed E-state index contributed by atoms with van der Waals surface area (Å²) in [5, 5.41) is 6.81. The molecule has 0 unspecified atom stereocenters. The molecule has 0 radical (unpaired) electrons. The lowest BCUT2D eigenvalue weighted by Gasteiger charge is -2.31. The van der Waals surface area contributed by atoms with Gasteiger partial charge in [0.05, 0.1) is 0 Å². The quantitative estimate of drug-likeness (QED) is 0.414. The van der Waals surface area contributed by atoms with E-state index in [4.69, 9.17) is 0 Å². The first-order valence-electron chi connectivity index (χ1n) is 8.52. The molecule has 0 atom stereocenters. The third-order valence-electron chi connectivity index (χ3n) is 4.53. The molecule has 1 fully saturated rings. The Kier molecular flexibility index (Phi) is 10.3. The van der Waals surface area contributed by atoms with Crippen LogP contribution < -0.4 is 10.6 Å². The van der Waals surface area contributed by atoms with Gasteiger partial charge in [-0.2, -0.15) is 0 Å². The molecule has 2 rings (SSSR count). The van der Waals surface area contributed by atoms with Gasteiger partial charge in [0.1, 0.15) is 0 Å². The van der Waals surface area contributed by atoms with E-state index >= 15 is 0 Å². The first-order chi connectivity index (χ1) is 10.8. The number of guanidine groups is 1. The number of aliphatic imine (C=N–C) groups is 1. The number of nitrogens with zero attached hydrogens (tertiary/aromatic N) is 2. The van der Waals surface area contributed by atoms with Crippen LogP contribution in [0.1, 0.15) is 31.7 Å². The zero-order valence-corrected chi connectivity index (χ0v) is 16.8. The number of benzene rings is 1. The fraction of sp³-hybridized carbons (Fsp3) is 0.611. The van der Waals surface area contributed by atoms with Crippen molar-refractivity contribution in [3.8, 4) is 0 Å². The molecule has 1 saturated heterocycles. The van der Waals surface area contributed by atoms with Crippen molar-refractivity contribution < 1.29 is 0 Å². The molecular weight excluding hydrogens is 399 g/mol. The van der Waals surface area contributed by atoms with Gasteiger partial charge >= 0.3 is 0 Å². The summed E-state index contributed by atoms with van der Waals surface area (Å²) >= 11 is 0. The first-order valence-corrected chi connectivity index (χ1v) is 8.52. The van der Waals surface area contributed by atoms with Gasteiger partial charge in [-0.25, -0.2) is 0 Å². The summed E-state index contributed by atoms with van der Waals surface area (Å²) in [5.41, 5.74) is 1.28. The maximum atomic E-state index is 4.30. The molecule has 23 heavy (non-hydrogen) atoms. The van der Waals surface area contributed by atoms with Gasteiger partial charge in [-0.05, 0) is 50.4 Å². The molecule has 0 bridgehead atoms. The first kappa shape index (κ1) is 20.2. The molecule has 1 aromatic carbocycles. The molecule has 0 amide bonds. The van der Waals surface area contributed by atoms with Gasteiger partial charge in [0, 0.05) is 20.1 Å². The average Bonchev–Trinajstić information content (AvgIpc) is 2.59. The lowest BCUT2D eigenvalue weighted by Crippen LogP contribution is -2.39. The van der Waals surface area contributed by atoms with E-state index in [-0.39, 0.29) is 24.0 Å². The van der Waals surface area contributed by atoms with Crippen LogP contribution in [-0.4, -0.2) is 44.1 Å². The maximum Gasteiger partial charge on any atom is 0.191 e. The van der Waals surface area contributed by atoms with Crippen molar-refractivity contribution in [3.05, 3.63) is 35.9 Å². The topological polar surface area (TPSA) is 39.7 Å². The fourth-order valence-electron chi connectivity index (χ4n) is 2.99. The third kappa shape index (κ3) is 7.52. The minimum Gasteiger partial charge on any atom is -0.356 e. The fourth-order valence-corrected chi connectivity index (χ4v) is 2.99. The monoisotopic (exact) mass is 430 g/mol. The molecule has 0 spiro atoms. The van der Waals surface area contributed by atoms with E-state index in [0.29, 0.717) is 0 Å². The van der Waals surface area contributed by atoms with Gasteiger partial charge in [-0.1, -0.05) is 37.3 Å². The number of halogens is 1. The van der Waals surface area contributed by atoms with Crippen LogP contribution >= 0.6 is 24.0 Å². The summed E-state index contributed by atoms with van der Waals surface area (Å²) in [5.74, 6) is 1.76. The van der Waals surface area contributed by atoms with E-state index in [1.54, 1.807) is 0 Å². The third-order valence-corrected chi connectivity index (χ3v) is 4.53. The standard InChI is InChI=1S/C18H30N4.HI/c1-3-22-13-10-16(11-14-22)9-12-20-18(19-2)21-15-17-7-5-4-6-8-17;/h4-8,16H,3,9-15H2,1-2H3,(H2,19,20,21);1H. The minimum absolute atomic E-state index is 0. The Balaban J connectivity index is 0.00000264. The van der Waals surface area contributed by atoms with Crippen LogP contribution in [0.15, 0.2) is 35.3 Å². The lowest BCUT2D eigenvalue weighted by atomic mass is 9.93. The average molecular weight is 430 g/mol. The lowest BCUT2D eigenvalue weighted by molar-refractivity contribution is 0.187. The highest BCUT2D eigenvalue weighted by Crippen LogP contribution is 2.19. The summed E-state index contributed by atoms with van der Waals surface area (Å²) in [6.45, 7) is 7.80. The van der Waals surface area contributed by atoms with E-state index in [1.165, 1.54) is 44.5 Å². The molecule has 2 N–H and O–H groups in total. The molecule has 0 saturated carbocycles. The predicted molar refractivity (Wildman–Crippen MR) is 110 cm³/mol. The number of nitrogens with one attached hydrogen (secondary N) is 2. The number of rotatable bonds is 6. The van der Waals surface area contributed by atoms with Crippen LogP contribution in [0.25, 0.3) is 0 Å². The van der Waals surface area contributed by atoms with Gasteiger partial charge in [-0.15, -0.1) is 24.0 Å². The van der Waals surface area contributed by atoms with Crippen LogP contribution in [0.4, 0.5) is 0 Å². The van der Waals surface area contributed by atoms with Crippen molar-refractivity contribution in [2.24, 2.45) is 10.9 Å². The van der Waals surface area contributed by atoms with Crippen LogP contribution in [0.3, 0.4) is 0 Å². The Hall–Kier alpha value is -0.820. The molecule has 1 aromatic rings. The van der Waals surface area contributed by atoms with Crippen molar-refractivity contribution >= 4 is 29.9 Å². The molecule has 1 aliphatic rings. The minimum atomic E-state index is 0. The van der Waals surface area contributed by atoms with Gasteiger partial charge in [0.25, 0.3) is 0 Å². The van der Waals surface area contributed by atoms with E-state index < -0.39 is 0 Å². The van der Waals surface area contributed by atoms with E-state index in [1.807, 2.05) is 13.1 Å². The van der Waals surface area contributed by atoms with Crippen molar-refractivity contribution in [1.82, 2.24) is 15.5 Å². The number of hydrogen-bond donors (Lipinski definition) is 2. The highest BCUT2D eigenvalue weighted by Gasteiger charge is 2.17. The van der Waals surface area contributed by atoms with Crippen LogP contribution in [0, 0.1) is 5.92 Å². The van der Waals surface area contributed by atoms with Gasteiger partial charge in [-0.3, -0.25) is 4.99 Å². The maximum absolute atomic E-state index is 4.30. The van der Waals surface area contributed by atoms with Gasteiger partial charge in [0.2, 0.25) is 0 Å². The summed E-state index contributed by atoms with van der Waals surface area (Å²) in [4.78, 5) is 6.84. The SMILES string of the molecule is CCN1CCC(CCNC(=NC)NCc2ccccc2)CC1.I. The largest absolute Gasteiger partial charge is 0.356 e. The van der Waals surface area contributed by atoms with Crippen molar-refractivity contribution in [1.29, 1.82) is 0 Å². The molecule has 0 aromatic heterocycles. The Morgan fingerprint density at radius 2 is 1.87 bits per heavy atom. The Morgan fingerprint density at radius 1 is 1.17 bits per heavy atom. The Morgan fingerprint density at radius 3 is 2.48 bits per heavy atom. The second-order valence-corrected chi connectivity index (χ2v) is 6.00. The molecule has 0 aliphatic carbocycles. The highest BCUT2D eigenvalue weighted by atomic mass is 127. The zero-order chi connectivity index (χ0) is 15.6. The van der Waals surface area contributed by atoms with E-state index in [9.17, 15) is 0 Å².